The number of nitrogens with zero attached hydrogens (tertiary/aromatic N) is 1. The first-order valence-electron chi connectivity index (χ1n) is 3.09. The largest absolute Gasteiger partial charge is 0.265 e. The van der Waals surface area contributed by atoms with Crippen LogP contribution in [-0.4, -0.2) is 11.1 Å². The lowest BCUT2D eigenvalue weighted by Gasteiger charge is -2.02. The Labute approximate surface area is 60.5 Å². The van der Waals surface area contributed by atoms with Crippen LogP contribution in [0.2, 0.25) is 0 Å². The van der Waals surface area contributed by atoms with E-state index in [0.29, 0.717) is 0 Å². The Morgan fingerprint density at radius 1 is 1.78 bits per heavy atom. The van der Waals surface area contributed by atoms with Crippen LogP contribution in [0.4, 0.5) is 0 Å². The number of aliphatic imine (C=N–C) groups is 1. The third-order valence-electron chi connectivity index (χ3n) is 1.24. The highest BCUT2D eigenvalue weighted by Crippen LogP contribution is 2.07. The van der Waals surface area contributed by atoms with Gasteiger partial charge in [-0.05, 0) is 12.5 Å². The van der Waals surface area contributed by atoms with Gasteiger partial charge in [0.1, 0.15) is 0 Å². The van der Waals surface area contributed by atoms with Crippen molar-refractivity contribution in [1.29, 1.82) is 0 Å². The summed E-state index contributed by atoms with van der Waals surface area (Å²) in [7, 11) is 0. The van der Waals surface area contributed by atoms with Crippen LogP contribution in [0, 0.1) is 0 Å². The van der Waals surface area contributed by atoms with Crippen molar-refractivity contribution in [3.05, 3.63) is 11.8 Å². The highest BCUT2D eigenvalue weighted by atomic mass is 32.1. The van der Waals surface area contributed by atoms with Crippen molar-refractivity contribution in [3.63, 3.8) is 0 Å². The molecule has 2 heteroatoms. The molecule has 0 N–H and O–H groups in total. The van der Waals surface area contributed by atoms with E-state index in [1.54, 1.807) is 0 Å². The highest BCUT2D eigenvalue weighted by Gasteiger charge is 1.98. The topological polar surface area (TPSA) is 12.4 Å². The van der Waals surface area contributed by atoms with Gasteiger partial charge in [0, 0.05) is 23.2 Å². The highest BCUT2D eigenvalue weighted by molar-refractivity contribution is 7.80. The minimum absolute atomic E-state index is 0.846. The molecule has 0 atom stereocenters. The smallest absolute Gasteiger partial charge is 0.0408 e. The fourth-order valence-electron chi connectivity index (χ4n) is 0.728. The molecule has 0 saturated carbocycles. The number of rotatable bonds is 1. The molecule has 1 nitrogen and oxygen atoms in total. The van der Waals surface area contributed by atoms with Crippen LogP contribution < -0.4 is 0 Å². The van der Waals surface area contributed by atoms with Crippen molar-refractivity contribution in [3.8, 4) is 0 Å². The second kappa shape index (κ2) is 2.87. The van der Waals surface area contributed by atoms with Crippen molar-refractivity contribution in [2.24, 2.45) is 4.99 Å². The second-order valence-electron chi connectivity index (χ2n) is 1.97. The zero-order valence-electron chi connectivity index (χ0n) is 5.42. The van der Waals surface area contributed by atoms with Crippen LogP contribution in [0.3, 0.4) is 0 Å². The Hall–Kier alpha value is -0.500. The van der Waals surface area contributed by atoms with Crippen LogP contribution >= 0.6 is 12.2 Å². The summed E-state index contributed by atoms with van der Waals surface area (Å²) in [4.78, 5) is 5.15. The van der Waals surface area contributed by atoms with Crippen LogP contribution in [0.15, 0.2) is 16.8 Å². The van der Waals surface area contributed by atoms with Crippen LogP contribution in [0.25, 0.3) is 0 Å². The van der Waals surface area contributed by atoms with Gasteiger partial charge in [-0.1, -0.05) is 19.1 Å². The van der Waals surface area contributed by atoms with Crippen molar-refractivity contribution in [1.82, 2.24) is 0 Å². The maximum absolute atomic E-state index is 4.98. The minimum atomic E-state index is 0.846. The average Bonchev–Trinajstić information content (AvgIpc) is 1.88. The zero-order valence-corrected chi connectivity index (χ0v) is 6.24. The molecule has 0 amide bonds. The van der Waals surface area contributed by atoms with E-state index in [-0.39, 0.29) is 0 Å². The Kier molecular flexibility index (Phi) is 2.11. The fourth-order valence-corrected chi connectivity index (χ4v) is 0.939. The predicted octanol–water partition coefficient (Wildman–Crippen LogP) is 2.12. The second-order valence-corrected chi connectivity index (χ2v) is 2.50. The Bertz CT molecular complexity index is 179. The first-order valence-corrected chi connectivity index (χ1v) is 3.49. The summed E-state index contributed by atoms with van der Waals surface area (Å²) >= 11 is 4.98. The van der Waals surface area contributed by atoms with Crippen LogP contribution in [0.5, 0.6) is 0 Å². The lowest BCUT2D eigenvalue weighted by molar-refractivity contribution is 1.07. The van der Waals surface area contributed by atoms with Crippen LogP contribution in [-0.2, 0) is 0 Å². The maximum Gasteiger partial charge on any atom is 0.0408 e. The predicted molar refractivity (Wildman–Crippen MR) is 44.1 cm³/mol. The lowest BCUT2D eigenvalue weighted by atomic mass is 10.2. The van der Waals surface area contributed by atoms with Gasteiger partial charge in [0.2, 0.25) is 0 Å². The molecule has 48 valence electrons. The maximum atomic E-state index is 4.98. The molecule has 0 fully saturated rings. The van der Waals surface area contributed by atoms with Gasteiger partial charge in [-0.3, -0.25) is 4.99 Å². The van der Waals surface area contributed by atoms with Gasteiger partial charge >= 0.3 is 0 Å². The zero-order chi connectivity index (χ0) is 6.69. The molecule has 0 spiro atoms. The van der Waals surface area contributed by atoms with Gasteiger partial charge in [0.15, 0.2) is 0 Å². The molecule has 0 bridgehead atoms. The monoisotopic (exact) mass is 139 g/mol. The Balaban J connectivity index is 2.70. The van der Waals surface area contributed by atoms with Gasteiger partial charge in [-0.15, -0.1) is 0 Å². The average molecular weight is 139 g/mol. The first kappa shape index (κ1) is 6.62. The molecule has 0 aliphatic carbocycles. The molecule has 0 saturated heterocycles. The van der Waals surface area contributed by atoms with Crippen molar-refractivity contribution in [2.75, 3.05) is 0 Å². The Morgan fingerprint density at radius 2 is 2.56 bits per heavy atom. The lowest BCUT2D eigenvalue weighted by Crippen LogP contribution is -1.97. The molecule has 9 heavy (non-hydrogen) atoms. The van der Waals surface area contributed by atoms with Gasteiger partial charge < -0.3 is 0 Å². The molecule has 0 aromatic rings. The van der Waals surface area contributed by atoms with Crippen molar-refractivity contribution < 1.29 is 0 Å². The number of thiocarbonyl (C=S) groups is 1. The van der Waals surface area contributed by atoms with Gasteiger partial charge in [-0.25, -0.2) is 0 Å². The third kappa shape index (κ3) is 1.72. The standard InChI is InChI=1S/C7H9NS/c1-2-6-5-7(9)3-4-8-6/h4-5H,2-3H2,1H3. The quantitative estimate of drug-likeness (QED) is 0.507. The molecule has 1 aliphatic heterocycles. The van der Waals surface area contributed by atoms with E-state index >= 15 is 0 Å². The van der Waals surface area contributed by atoms with E-state index in [1.807, 2.05) is 12.3 Å². The van der Waals surface area contributed by atoms with Crippen molar-refractivity contribution >= 4 is 23.3 Å². The van der Waals surface area contributed by atoms with E-state index in [0.717, 1.165) is 23.4 Å². The fraction of sp³-hybridized carbons (Fsp3) is 0.429. The Morgan fingerprint density at radius 3 is 3.00 bits per heavy atom. The number of hydrogen-bond acceptors (Lipinski definition) is 2. The molecule has 0 aromatic carbocycles. The summed E-state index contributed by atoms with van der Waals surface area (Å²) < 4.78 is 0. The van der Waals surface area contributed by atoms with E-state index in [2.05, 4.69) is 11.9 Å². The van der Waals surface area contributed by atoms with E-state index in [4.69, 9.17) is 12.2 Å². The normalized spacial score (nSPS) is 17.9. The van der Waals surface area contributed by atoms with Crippen LogP contribution in [0.1, 0.15) is 19.8 Å². The third-order valence-corrected chi connectivity index (χ3v) is 1.52. The molecule has 1 rings (SSSR count). The van der Waals surface area contributed by atoms with Gasteiger partial charge in [-0.2, -0.15) is 0 Å². The summed E-state index contributed by atoms with van der Waals surface area (Å²) in [6, 6.07) is 0. The minimum Gasteiger partial charge on any atom is -0.265 e. The number of allylic oxidation sites excluding steroid dienone is 2. The number of hydrogen-bond donors (Lipinski definition) is 0. The molecule has 1 aliphatic rings. The summed E-state index contributed by atoms with van der Waals surface area (Å²) in [6.07, 6.45) is 5.69. The summed E-state index contributed by atoms with van der Waals surface area (Å²) in [5, 5.41) is 0. The SMILES string of the molecule is CCC1=CC(=S)CC=N1. The summed E-state index contributed by atoms with van der Waals surface area (Å²) in [5.74, 6) is 0. The van der Waals surface area contributed by atoms with E-state index in [1.165, 1.54) is 0 Å². The summed E-state index contributed by atoms with van der Waals surface area (Å²) in [6.45, 7) is 2.08. The van der Waals surface area contributed by atoms with Gasteiger partial charge in [0.05, 0.1) is 0 Å². The molecule has 0 unspecified atom stereocenters. The molecule has 1 heterocycles. The van der Waals surface area contributed by atoms with Gasteiger partial charge in [0.25, 0.3) is 0 Å². The first-order chi connectivity index (χ1) is 4.33. The van der Waals surface area contributed by atoms with E-state index in [9.17, 15) is 0 Å². The molecular weight excluding hydrogens is 130 g/mol. The molecule has 0 radical (unpaired) electrons. The molecular formula is C7H9NS. The van der Waals surface area contributed by atoms with Crippen molar-refractivity contribution in [2.45, 2.75) is 19.8 Å². The molecule has 0 aromatic heterocycles. The van der Waals surface area contributed by atoms with E-state index < -0.39 is 0 Å². The summed E-state index contributed by atoms with van der Waals surface area (Å²) in [5.41, 5.74) is 1.10.